The molecule has 1 aliphatic rings. The molecule has 0 fully saturated rings. The maximum Gasteiger partial charge on any atom is 0.197 e. The van der Waals surface area contributed by atoms with Crippen molar-refractivity contribution >= 4 is 79.4 Å². The highest BCUT2D eigenvalue weighted by Crippen LogP contribution is 2.46. The monoisotopic (exact) mass is 865 g/mol. The lowest BCUT2D eigenvalue weighted by atomic mass is 9.57. The molecule has 1 N–H and O–H groups in total. The topological polar surface area (TPSA) is 28.4 Å². The fraction of sp³-hybridized carbons (Fsp3) is 0. The number of anilines is 5. The lowest BCUT2D eigenvalue weighted by Gasteiger charge is -2.36. The van der Waals surface area contributed by atoms with Crippen molar-refractivity contribution in [3.8, 4) is 55.6 Å². The van der Waals surface area contributed by atoms with Gasteiger partial charge in [0.1, 0.15) is 5.58 Å². The second kappa shape index (κ2) is 16.5. The SMILES string of the molecule is [B]1c2cc(-c3ccccc3)ccc2N(c2ccc(-c3ccccc3)cc2)c2cc(-c3ccccc3)cc(-c3ccc4c(oc5cc6ccccc6cc54)c3Nc3ccc(-c4ccccc4)cc3)c21. The van der Waals surface area contributed by atoms with Crippen LogP contribution in [0.15, 0.2) is 253 Å². The van der Waals surface area contributed by atoms with E-state index in [0.29, 0.717) is 0 Å². The molecule has 0 bridgehead atoms. The van der Waals surface area contributed by atoms with Gasteiger partial charge in [-0.15, -0.1) is 0 Å². The summed E-state index contributed by atoms with van der Waals surface area (Å²) >= 11 is 0. The van der Waals surface area contributed by atoms with E-state index in [0.717, 1.165) is 94.5 Å². The van der Waals surface area contributed by atoms with Crippen molar-refractivity contribution in [1.82, 2.24) is 0 Å². The first-order valence-electron chi connectivity index (χ1n) is 23.2. The van der Waals surface area contributed by atoms with Gasteiger partial charge in [0.2, 0.25) is 0 Å². The molecular formula is C64H42BN2O. The fourth-order valence-electron chi connectivity index (χ4n) is 10.1. The highest BCUT2D eigenvalue weighted by atomic mass is 16.3. The van der Waals surface area contributed by atoms with E-state index in [1.165, 1.54) is 33.2 Å². The molecule has 1 aromatic heterocycles. The minimum atomic E-state index is 0.815. The van der Waals surface area contributed by atoms with Crippen molar-refractivity contribution in [3.05, 3.63) is 249 Å². The average Bonchev–Trinajstić information content (AvgIpc) is 3.78. The maximum atomic E-state index is 7.05. The van der Waals surface area contributed by atoms with Crippen LogP contribution in [0.4, 0.5) is 28.4 Å². The molecule has 317 valence electrons. The lowest BCUT2D eigenvalue weighted by Crippen LogP contribution is -2.41. The van der Waals surface area contributed by atoms with Crippen molar-refractivity contribution in [2.24, 2.45) is 0 Å². The molecule has 12 aromatic rings. The summed E-state index contributed by atoms with van der Waals surface area (Å²) in [7, 11) is 2.39. The Hall–Kier alpha value is -8.86. The molecular weight excluding hydrogens is 824 g/mol. The highest BCUT2D eigenvalue weighted by Gasteiger charge is 2.30. The Balaban J connectivity index is 1.06. The number of hydrogen-bond acceptors (Lipinski definition) is 3. The van der Waals surface area contributed by atoms with E-state index in [9.17, 15) is 0 Å². The minimum absolute atomic E-state index is 0.815. The third-order valence-corrected chi connectivity index (χ3v) is 13.5. The molecule has 0 saturated carbocycles. The van der Waals surface area contributed by atoms with E-state index in [1.807, 2.05) is 0 Å². The molecule has 68 heavy (non-hydrogen) atoms. The van der Waals surface area contributed by atoms with E-state index in [2.05, 4.69) is 266 Å². The summed E-state index contributed by atoms with van der Waals surface area (Å²) in [5.74, 6) is 0. The summed E-state index contributed by atoms with van der Waals surface area (Å²) in [6, 6.07) is 89.4. The maximum absolute atomic E-state index is 7.05. The Kier molecular flexibility index (Phi) is 9.61. The number of benzene rings is 11. The summed E-state index contributed by atoms with van der Waals surface area (Å²) in [6.07, 6.45) is 0. The molecule has 11 aromatic carbocycles. The van der Waals surface area contributed by atoms with Crippen LogP contribution < -0.4 is 21.1 Å². The van der Waals surface area contributed by atoms with Crippen molar-refractivity contribution in [2.75, 3.05) is 10.2 Å². The molecule has 4 heteroatoms. The van der Waals surface area contributed by atoms with Gasteiger partial charge < -0.3 is 14.6 Å². The molecule has 0 unspecified atom stereocenters. The molecule has 0 spiro atoms. The Morgan fingerprint density at radius 1 is 0.368 bits per heavy atom. The third kappa shape index (κ3) is 7.02. The Morgan fingerprint density at radius 2 is 0.897 bits per heavy atom. The molecule has 1 radical (unpaired) electrons. The van der Waals surface area contributed by atoms with Gasteiger partial charge >= 0.3 is 0 Å². The summed E-state index contributed by atoms with van der Waals surface area (Å²) in [6.45, 7) is 0. The first kappa shape index (κ1) is 39.5. The minimum Gasteiger partial charge on any atom is -0.454 e. The van der Waals surface area contributed by atoms with Gasteiger partial charge in [-0.2, -0.15) is 0 Å². The van der Waals surface area contributed by atoms with Gasteiger partial charge in [0.25, 0.3) is 0 Å². The van der Waals surface area contributed by atoms with Crippen molar-refractivity contribution < 1.29 is 4.42 Å². The summed E-state index contributed by atoms with van der Waals surface area (Å²) in [5.41, 5.74) is 20.6. The Morgan fingerprint density at radius 3 is 1.53 bits per heavy atom. The second-order valence-electron chi connectivity index (χ2n) is 17.6. The molecule has 2 heterocycles. The number of furan rings is 1. The zero-order valence-corrected chi connectivity index (χ0v) is 37.1. The Labute approximate surface area is 396 Å². The van der Waals surface area contributed by atoms with Crippen molar-refractivity contribution in [3.63, 3.8) is 0 Å². The van der Waals surface area contributed by atoms with Crippen LogP contribution in [0.3, 0.4) is 0 Å². The van der Waals surface area contributed by atoms with Crippen LogP contribution in [0.5, 0.6) is 0 Å². The van der Waals surface area contributed by atoms with Crippen LogP contribution in [0, 0.1) is 0 Å². The zero-order chi connectivity index (χ0) is 45.0. The predicted octanol–water partition coefficient (Wildman–Crippen LogP) is 16.3. The quantitative estimate of drug-likeness (QED) is 0.154. The van der Waals surface area contributed by atoms with Gasteiger partial charge in [-0.05, 0) is 127 Å². The highest BCUT2D eigenvalue weighted by molar-refractivity contribution is 6.73. The molecule has 0 aliphatic carbocycles. The Bertz CT molecular complexity index is 3810. The molecule has 3 nitrogen and oxygen atoms in total. The van der Waals surface area contributed by atoms with Crippen LogP contribution in [-0.2, 0) is 0 Å². The average molecular weight is 866 g/mol. The second-order valence-corrected chi connectivity index (χ2v) is 17.6. The standard InChI is InChI=1S/C64H42BN2O/c1-5-15-42(16-6-1)46-25-30-52(31-26-46)66-63-54(34-35-55-56-37-48-23-13-14-24-49(48)41-61(56)68-64(55)63)57-38-51(45-21-11-4-12-22-45)40-60-62(57)65-58-39-50(44-19-9-3-10-20-44)29-36-59(58)67(60)53-32-27-47(28-33-53)43-17-7-2-8-18-43/h1-41,66H. The van der Waals surface area contributed by atoms with Crippen molar-refractivity contribution in [2.45, 2.75) is 0 Å². The molecule has 1 aliphatic heterocycles. The first-order valence-corrected chi connectivity index (χ1v) is 23.2. The molecule has 0 atom stereocenters. The van der Waals surface area contributed by atoms with Crippen LogP contribution in [0.25, 0.3) is 88.3 Å². The van der Waals surface area contributed by atoms with Crippen LogP contribution in [-0.4, -0.2) is 7.28 Å². The van der Waals surface area contributed by atoms with Gasteiger partial charge in [0.05, 0.1) is 5.69 Å². The van der Waals surface area contributed by atoms with Gasteiger partial charge in [0.15, 0.2) is 12.9 Å². The van der Waals surface area contributed by atoms with E-state index in [-0.39, 0.29) is 0 Å². The van der Waals surface area contributed by atoms with Gasteiger partial charge in [-0.25, -0.2) is 0 Å². The number of fused-ring (bicyclic) bond motifs is 6. The van der Waals surface area contributed by atoms with E-state index in [4.69, 9.17) is 4.42 Å². The van der Waals surface area contributed by atoms with Crippen molar-refractivity contribution in [1.29, 1.82) is 0 Å². The van der Waals surface area contributed by atoms with Crippen LogP contribution in [0.2, 0.25) is 0 Å². The molecule has 0 amide bonds. The predicted molar refractivity (Wildman–Crippen MR) is 288 cm³/mol. The largest absolute Gasteiger partial charge is 0.454 e. The number of nitrogens with zero attached hydrogens (tertiary/aromatic N) is 1. The lowest BCUT2D eigenvalue weighted by molar-refractivity contribution is 0.671. The normalized spacial score (nSPS) is 11.9. The first-order chi connectivity index (χ1) is 33.7. The molecule has 13 rings (SSSR count). The third-order valence-electron chi connectivity index (χ3n) is 13.5. The smallest absolute Gasteiger partial charge is 0.197 e. The van der Waals surface area contributed by atoms with Gasteiger partial charge in [-0.1, -0.05) is 194 Å². The zero-order valence-electron chi connectivity index (χ0n) is 37.1. The number of hydrogen-bond donors (Lipinski definition) is 1. The van der Waals surface area contributed by atoms with Crippen LogP contribution >= 0.6 is 0 Å². The summed E-state index contributed by atoms with van der Waals surface area (Å²) in [5, 5.41) is 8.44. The van der Waals surface area contributed by atoms with E-state index in [1.54, 1.807) is 0 Å². The number of nitrogens with one attached hydrogen (secondary N) is 1. The van der Waals surface area contributed by atoms with Gasteiger partial charge in [0, 0.05) is 39.1 Å². The summed E-state index contributed by atoms with van der Waals surface area (Å²) < 4.78 is 7.05. The van der Waals surface area contributed by atoms with E-state index >= 15 is 0 Å². The van der Waals surface area contributed by atoms with E-state index < -0.39 is 0 Å². The van der Waals surface area contributed by atoms with Crippen LogP contribution in [0.1, 0.15) is 0 Å². The summed E-state index contributed by atoms with van der Waals surface area (Å²) in [4.78, 5) is 2.45. The number of rotatable bonds is 8. The van der Waals surface area contributed by atoms with Gasteiger partial charge in [-0.3, -0.25) is 0 Å². The molecule has 0 saturated heterocycles. The fourth-order valence-corrected chi connectivity index (χ4v) is 10.1.